The van der Waals surface area contributed by atoms with E-state index in [1.165, 1.54) is 0 Å². The molecule has 1 heterocycles. The van der Waals surface area contributed by atoms with Gasteiger partial charge in [0.05, 0.1) is 11.0 Å². The largest absolute Gasteiger partial charge is 0.356 e. The molecule has 0 fully saturated rings. The van der Waals surface area contributed by atoms with Gasteiger partial charge in [0.15, 0.2) is 0 Å². The number of carbonyl (C=O) groups is 1. The number of carbonyl (C=O) groups excluding carboxylic acids is 1. The molecule has 0 spiro atoms. The lowest BCUT2D eigenvalue weighted by Crippen LogP contribution is -2.25. The zero-order chi connectivity index (χ0) is 14.4. The number of aromatic nitrogens is 2. The van der Waals surface area contributed by atoms with Crippen LogP contribution in [0, 0.1) is 6.92 Å². The molecule has 20 heavy (non-hydrogen) atoms. The molecular weight excluding hydrogens is 252 g/mol. The van der Waals surface area contributed by atoms with Gasteiger partial charge in [-0.2, -0.15) is 0 Å². The molecule has 0 unspecified atom stereocenters. The molecule has 1 aromatic heterocycles. The zero-order valence-corrected chi connectivity index (χ0v) is 11.9. The summed E-state index contributed by atoms with van der Waals surface area (Å²) in [5.41, 5.74) is 7.55. The van der Waals surface area contributed by atoms with Crippen LogP contribution in [-0.4, -0.2) is 28.5 Å². The van der Waals surface area contributed by atoms with E-state index in [0.29, 0.717) is 19.5 Å². The maximum atomic E-state index is 11.5. The van der Waals surface area contributed by atoms with Crippen LogP contribution < -0.4 is 11.1 Å². The van der Waals surface area contributed by atoms with E-state index in [2.05, 4.69) is 20.9 Å². The van der Waals surface area contributed by atoms with Crippen LogP contribution in [0.3, 0.4) is 0 Å². The summed E-state index contributed by atoms with van der Waals surface area (Å²) in [7, 11) is 0. The van der Waals surface area contributed by atoms with Crippen molar-refractivity contribution in [3.63, 3.8) is 0 Å². The predicted octanol–water partition coefficient (Wildman–Crippen LogP) is 1.59. The van der Waals surface area contributed by atoms with Gasteiger partial charge in [0.2, 0.25) is 5.91 Å². The first kappa shape index (κ1) is 14.5. The van der Waals surface area contributed by atoms with Crippen LogP contribution in [0.15, 0.2) is 24.3 Å². The molecule has 0 saturated heterocycles. The van der Waals surface area contributed by atoms with Crippen LogP contribution in [0.4, 0.5) is 0 Å². The first-order valence-corrected chi connectivity index (χ1v) is 7.11. The van der Waals surface area contributed by atoms with Crippen LogP contribution in [0.1, 0.15) is 25.1 Å². The number of para-hydroxylation sites is 2. The summed E-state index contributed by atoms with van der Waals surface area (Å²) in [5.74, 6) is 1.10. The Morgan fingerprint density at radius 1 is 1.35 bits per heavy atom. The Bertz CT molecular complexity index is 576. The van der Waals surface area contributed by atoms with Crippen LogP contribution in [0.2, 0.25) is 0 Å². The fourth-order valence-corrected chi connectivity index (χ4v) is 2.29. The van der Waals surface area contributed by atoms with E-state index >= 15 is 0 Å². The third kappa shape index (κ3) is 3.57. The van der Waals surface area contributed by atoms with Crippen molar-refractivity contribution in [1.29, 1.82) is 0 Å². The normalized spacial score (nSPS) is 10.9. The minimum absolute atomic E-state index is 0.0858. The highest BCUT2D eigenvalue weighted by molar-refractivity contribution is 5.76. The van der Waals surface area contributed by atoms with Gasteiger partial charge in [0.1, 0.15) is 5.82 Å². The van der Waals surface area contributed by atoms with E-state index in [4.69, 9.17) is 5.73 Å². The molecule has 2 rings (SSSR count). The summed E-state index contributed by atoms with van der Waals surface area (Å²) in [4.78, 5) is 16.0. The molecule has 1 aromatic carbocycles. The lowest BCUT2D eigenvalue weighted by molar-refractivity contribution is -0.121. The van der Waals surface area contributed by atoms with Gasteiger partial charge in [-0.25, -0.2) is 4.98 Å². The number of nitrogens with two attached hydrogens (primary N) is 1. The van der Waals surface area contributed by atoms with Gasteiger partial charge in [-0.05, 0) is 38.4 Å². The van der Waals surface area contributed by atoms with Crippen molar-refractivity contribution in [2.75, 3.05) is 13.1 Å². The molecule has 0 radical (unpaired) electrons. The summed E-state index contributed by atoms with van der Waals surface area (Å²) in [5, 5.41) is 2.92. The molecule has 5 heteroatoms. The first-order valence-electron chi connectivity index (χ1n) is 7.11. The Hall–Kier alpha value is -1.88. The maximum Gasteiger partial charge on any atom is 0.220 e. The van der Waals surface area contributed by atoms with Gasteiger partial charge >= 0.3 is 0 Å². The molecule has 0 aliphatic rings. The fourth-order valence-electron chi connectivity index (χ4n) is 2.29. The van der Waals surface area contributed by atoms with Crippen molar-refractivity contribution in [3.8, 4) is 0 Å². The monoisotopic (exact) mass is 274 g/mol. The van der Waals surface area contributed by atoms with Crippen molar-refractivity contribution in [2.24, 2.45) is 5.73 Å². The number of nitrogens with zero attached hydrogens (tertiary/aromatic N) is 2. The summed E-state index contributed by atoms with van der Waals surface area (Å²) < 4.78 is 2.20. The van der Waals surface area contributed by atoms with Gasteiger partial charge in [-0.1, -0.05) is 12.1 Å². The summed E-state index contributed by atoms with van der Waals surface area (Å²) in [6.45, 7) is 4.13. The number of hydrogen-bond donors (Lipinski definition) is 2. The fraction of sp³-hybridized carbons (Fsp3) is 0.467. The number of imidazole rings is 1. The van der Waals surface area contributed by atoms with E-state index in [9.17, 15) is 4.79 Å². The van der Waals surface area contributed by atoms with Crippen LogP contribution in [0.25, 0.3) is 11.0 Å². The topological polar surface area (TPSA) is 72.9 Å². The highest BCUT2D eigenvalue weighted by Gasteiger charge is 2.06. The highest BCUT2D eigenvalue weighted by atomic mass is 16.1. The number of fused-ring (bicyclic) bond motifs is 1. The summed E-state index contributed by atoms with van der Waals surface area (Å²) >= 11 is 0. The minimum Gasteiger partial charge on any atom is -0.356 e. The van der Waals surface area contributed by atoms with Gasteiger partial charge in [-0.15, -0.1) is 0 Å². The Morgan fingerprint density at radius 3 is 2.95 bits per heavy atom. The Labute approximate surface area is 119 Å². The van der Waals surface area contributed by atoms with Gasteiger partial charge < -0.3 is 15.6 Å². The predicted molar refractivity (Wildman–Crippen MR) is 80.4 cm³/mol. The number of nitrogens with one attached hydrogen (secondary N) is 1. The van der Waals surface area contributed by atoms with Crippen LogP contribution >= 0.6 is 0 Å². The average Bonchev–Trinajstić information content (AvgIpc) is 2.77. The smallest absolute Gasteiger partial charge is 0.220 e. The lowest BCUT2D eigenvalue weighted by Gasteiger charge is -2.08. The Morgan fingerprint density at radius 2 is 2.15 bits per heavy atom. The number of aryl methyl sites for hydroxylation is 2. The molecule has 0 aliphatic heterocycles. The SMILES string of the molecule is Cc1nc2ccccc2n1CCCNC(=O)CCCN. The molecule has 5 nitrogen and oxygen atoms in total. The van der Waals surface area contributed by atoms with E-state index in [-0.39, 0.29) is 5.91 Å². The van der Waals surface area contributed by atoms with Crippen molar-refractivity contribution in [1.82, 2.24) is 14.9 Å². The molecule has 2 aromatic rings. The second-order valence-electron chi connectivity index (χ2n) is 4.90. The van der Waals surface area contributed by atoms with E-state index < -0.39 is 0 Å². The Balaban J connectivity index is 1.84. The van der Waals surface area contributed by atoms with E-state index in [0.717, 1.165) is 36.2 Å². The van der Waals surface area contributed by atoms with Crippen LogP contribution in [0.5, 0.6) is 0 Å². The van der Waals surface area contributed by atoms with Crippen molar-refractivity contribution in [2.45, 2.75) is 32.7 Å². The molecule has 0 saturated carbocycles. The second kappa shape index (κ2) is 7.05. The average molecular weight is 274 g/mol. The highest BCUT2D eigenvalue weighted by Crippen LogP contribution is 2.15. The zero-order valence-electron chi connectivity index (χ0n) is 11.9. The van der Waals surface area contributed by atoms with Crippen molar-refractivity contribution < 1.29 is 4.79 Å². The molecule has 0 aliphatic carbocycles. The molecule has 0 atom stereocenters. The van der Waals surface area contributed by atoms with Gasteiger partial charge in [-0.3, -0.25) is 4.79 Å². The second-order valence-corrected chi connectivity index (χ2v) is 4.90. The number of hydrogen-bond acceptors (Lipinski definition) is 3. The maximum absolute atomic E-state index is 11.5. The number of benzene rings is 1. The molecule has 108 valence electrons. The Kier molecular flexibility index (Phi) is 5.12. The summed E-state index contributed by atoms with van der Waals surface area (Å²) in [6.07, 6.45) is 2.16. The lowest BCUT2D eigenvalue weighted by atomic mass is 10.3. The van der Waals surface area contributed by atoms with Gasteiger partial charge in [0.25, 0.3) is 0 Å². The quantitative estimate of drug-likeness (QED) is 0.753. The molecule has 0 bridgehead atoms. The summed E-state index contributed by atoms with van der Waals surface area (Å²) in [6, 6.07) is 8.12. The molecule has 1 amide bonds. The number of amides is 1. The van der Waals surface area contributed by atoms with E-state index in [1.807, 2.05) is 25.1 Å². The minimum atomic E-state index is 0.0858. The third-order valence-corrected chi connectivity index (χ3v) is 3.33. The first-order chi connectivity index (χ1) is 9.72. The van der Waals surface area contributed by atoms with E-state index in [1.54, 1.807) is 0 Å². The molecule has 3 N–H and O–H groups in total. The standard InChI is InChI=1S/C15H22N4O/c1-12-18-13-6-2-3-7-14(13)19(12)11-5-10-17-15(20)8-4-9-16/h2-3,6-7H,4-5,8-11,16H2,1H3,(H,17,20). The van der Waals surface area contributed by atoms with Gasteiger partial charge in [0, 0.05) is 19.5 Å². The van der Waals surface area contributed by atoms with Crippen molar-refractivity contribution >= 4 is 16.9 Å². The molecular formula is C15H22N4O. The van der Waals surface area contributed by atoms with Crippen molar-refractivity contribution in [3.05, 3.63) is 30.1 Å². The van der Waals surface area contributed by atoms with Crippen LogP contribution in [-0.2, 0) is 11.3 Å². The number of rotatable bonds is 7. The third-order valence-electron chi connectivity index (χ3n) is 3.33.